The van der Waals surface area contributed by atoms with Crippen molar-refractivity contribution in [2.24, 2.45) is 0 Å². The van der Waals surface area contributed by atoms with Gasteiger partial charge in [-0.25, -0.2) is 0 Å². The molecular weight excluding hydrogens is 382 g/mol. The molecule has 3 aromatic rings. The summed E-state index contributed by atoms with van der Waals surface area (Å²) in [4.78, 5) is 12.5. The van der Waals surface area contributed by atoms with Crippen LogP contribution in [0.15, 0.2) is 60.7 Å². The van der Waals surface area contributed by atoms with Crippen LogP contribution in [0.3, 0.4) is 0 Å². The molecule has 0 saturated heterocycles. The number of nitrogens with two attached hydrogens (primary N) is 1. The van der Waals surface area contributed by atoms with Crippen LogP contribution < -0.4 is 25.8 Å². The molecule has 7 nitrogen and oxygen atoms in total. The number of nitrogen functional groups attached to an aromatic ring is 1. The molecule has 0 aliphatic heterocycles. The Labute approximate surface area is 175 Å². The molecule has 0 radical (unpaired) electrons. The second kappa shape index (κ2) is 9.67. The van der Waals surface area contributed by atoms with Gasteiger partial charge in [-0.2, -0.15) is 0 Å². The fourth-order valence-electron chi connectivity index (χ4n) is 2.93. The van der Waals surface area contributed by atoms with Gasteiger partial charge in [0.25, 0.3) is 5.91 Å². The van der Waals surface area contributed by atoms with Gasteiger partial charge in [-0.1, -0.05) is 18.2 Å². The average molecular weight is 407 g/mol. The Hall–Kier alpha value is -3.71. The Bertz CT molecular complexity index is 1020. The molecule has 3 rings (SSSR count). The van der Waals surface area contributed by atoms with E-state index in [1.807, 2.05) is 30.3 Å². The summed E-state index contributed by atoms with van der Waals surface area (Å²) >= 11 is 0. The molecule has 156 valence electrons. The third-order valence-electron chi connectivity index (χ3n) is 4.64. The molecule has 0 aromatic heterocycles. The number of anilines is 3. The standard InChI is InChI=1S/C23H25N3O4/c1-29-21-10-8-18(12-22(21)30-2)25-13-15-3-6-17(7-4-15)23(28)26-20-11-16(14-27)5-9-19(20)24/h3-12,25,27H,13-14,24H2,1-2H3,(H,26,28). The minimum Gasteiger partial charge on any atom is -0.493 e. The first kappa shape index (κ1) is 21.0. The highest BCUT2D eigenvalue weighted by Crippen LogP contribution is 2.30. The van der Waals surface area contributed by atoms with Gasteiger partial charge in [0.1, 0.15) is 0 Å². The van der Waals surface area contributed by atoms with Crippen molar-refractivity contribution in [3.8, 4) is 11.5 Å². The lowest BCUT2D eigenvalue weighted by atomic mass is 10.1. The summed E-state index contributed by atoms with van der Waals surface area (Å²) in [6, 6.07) is 17.9. The fourth-order valence-corrected chi connectivity index (χ4v) is 2.93. The number of aliphatic hydroxyl groups is 1. The van der Waals surface area contributed by atoms with E-state index >= 15 is 0 Å². The van der Waals surface area contributed by atoms with E-state index in [0.717, 1.165) is 11.3 Å². The van der Waals surface area contributed by atoms with Crippen LogP contribution in [-0.4, -0.2) is 25.2 Å². The van der Waals surface area contributed by atoms with Crippen LogP contribution >= 0.6 is 0 Å². The van der Waals surface area contributed by atoms with Crippen molar-refractivity contribution >= 4 is 23.0 Å². The number of nitrogens with one attached hydrogen (secondary N) is 2. The van der Waals surface area contributed by atoms with Crippen LogP contribution in [0.1, 0.15) is 21.5 Å². The molecule has 0 atom stereocenters. The zero-order valence-electron chi connectivity index (χ0n) is 16.9. The first-order valence-corrected chi connectivity index (χ1v) is 9.39. The number of benzene rings is 3. The number of rotatable bonds is 8. The highest BCUT2D eigenvalue weighted by atomic mass is 16.5. The van der Waals surface area contributed by atoms with Gasteiger partial charge in [0.05, 0.1) is 32.2 Å². The smallest absolute Gasteiger partial charge is 0.255 e. The first-order chi connectivity index (χ1) is 14.5. The Kier molecular flexibility index (Phi) is 6.77. The molecule has 0 fully saturated rings. The normalized spacial score (nSPS) is 10.4. The highest BCUT2D eigenvalue weighted by molar-refractivity contribution is 6.05. The van der Waals surface area contributed by atoms with E-state index in [-0.39, 0.29) is 12.5 Å². The van der Waals surface area contributed by atoms with Crippen LogP contribution in [0.5, 0.6) is 11.5 Å². The molecule has 0 aliphatic rings. The maximum Gasteiger partial charge on any atom is 0.255 e. The molecule has 0 saturated carbocycles. The summed E-state index contributed by atoms with van der Waals surface area (Å²) in [5, 5.41) is 15.4. The van der Waals surface area contributed by atoms with Crippen molar-refractivity contribution in [1.29, 1.82) is 0 Å². The maximum atomic E-state index is 12.5. The second-order valence-corrected chi connectivity index (χ2v) is 6.65. The van der Waals surface area contributed by atoms with E-state index < -0.39 is 0 Å². The third kappa shape index (κ3) is 5.01. The van der Waals surface area contributed by atoms with Gasteiger partial charge >= 0.3 is 0 Å². The van der Waals surface area contributed by atoms with Crippen molar-refractivity contribution in [3.05, 3.63) is 77.4 Å². The summed E-state index contributed by atoms with van der Waals surface area (Å²) in [6.45, 7) is 0.466. The fraction of sp³-hybridized carbons (Fsp3) is 0.174. The average Bonchev–Trinajstić information content (AvgIpc) is 2.79. The molecule has 0 bridgehead atoms. The Morgan fingerprint density at radius 3 is 2.30 bits per heavy atom. The van der Waals surface area contributed by atoms with Crippen LogP contribution in [0.2, 0.25) is 0 Å². The lowest BCUT2D eigenvalue weighted by molar-refractivity contribution is 0.102. The molecule has 0 spiro atoms. The molecule has 3 aromatic carbocycles. The number of carbonyl (C=O) groups is 1. The summed E-state index contributed by atoms with van der Waals surface area (Å²) in [6.07, 6.45) is 0. The molecule has 0 unspecified atom stereocenters. The first-order valence-electron chi connectivity index (χ1n) is 9.39. The lowest BCUT2D eigenvalue weighted by Gasteiger charge is -2.12. The molecular formula is C23H25N3O4. The van der Waals surface area contributed by atoms with Crippen molar-refractivity contribution in [3.63, 3.8) is 0 Å². The number of ether oxygens (including phenoxy) is 2. The number of methoxy groups -OCH3 is 2. The summed E-state index contributed by atoms with van der Waals surface area (Å²) in [7, 11) is 3.19. The van der Waals surface area contributed by atoms with Crippen LogP contribution in [0.4, 0.5) is 17.1 Å². The minimum atomic E-state index is -0.267. The number of aliphatic hydroxyl groups excluding tert-OH is 1. The Morgan fingerprint density at radius 2 is 1.63 bits per heavy atom. The van der Waals surface area contributed by atoms with E-state index in [4.69, 9.17) is 15.2 Å². The monoisotopic (exact) mass is 407 g/mol. The molecule has 0 aliphatic carbocycles. The largest absolute Gasteiger partial charge is 0.493 e. The van der Waals surface area contributed by atoms with Crippen molar-refractivity contribution < 1.29 is 19.4 Å². The minimum absolute atomic E-state index is 0.120. The van der Waals surface area contributed by atoms with Crippen molar-refractivity contribution in [1.82, 2.24) is 0 Å². The molecule has 1 amide bonds. The summed E-state index contributed by atoms with van der Waals surface area (Å²) in [5.74, 6) is 1.05. The van der Waals surface area contributed by atoms with E-state index in [9.17, 15) is 9.90 Å². The molecule has 30 heavy (non-hydrogen) atoms. The topological polar surface area (TPSA) is 106 Å². The Morgan fingerprint density at radius 1 is 0.933 bits per heavy atom. The van der Waals surface area contributed by atoms with Gasteiger partial charge in [-0.15, -0.1) is 0 Å². The van der Waals surface area contributed by atoms with Crippen LogP contribution in [0.25, 0.3) is 0 Å². The van der Waals surface area contributed by atoms with Crippen LogP contribution in [0, 0.1) is 0 Å². The van der Waals surface area contributed by atoms with Gasteiger partial charge in [0.2, 0.25) is 0 Å². The van der Waals surface area contributed by atoms with Gasteiger partial charge < -0.3 is 30.9 Å². The number of hydrogen-bond acceptors (Lipinski definition) is 6. The second-order valence-electron chi connectivity index (χ2n) is 6.65. The highest BCUT2D eigenvalue weighted by Gasteiger charge is 2.09. The predicted octanol–water partition coefficient (Wildman–Crippen LogP) is 3.64. The van der Waals surface area contributed by atoms with Gasteiger partial charge in [0, 0.05) is 23.9 Å². The SMILES string of the molecule is COc1ccc(NCc2ccc(C(=O)Nc3cc(CO)ccc3N)cc2)cc1OC. The third-order valence-corrected chi connectivity index (χ3v) is 4.64. The molecule has 0 heterocycles. The number of amides is 1. The van der Waals surface area contributed by atoms with Crippen molar-refractivity contribution in [2.75, 3.05) is 30.6 Å². The lowest BCUT2D eigenvalue weighted by Crippen LogP contribution is -2.13. The van der Waals surface area contributed by atoms with Gasteiger partial charge in [-0.05, 0) is 47.5 Å². The van der Waals surface area contributed by atoms with E-state index in [2.05, 4.69) is 10.6 Å². The van der Waals surface area contributed by atoms with Crippen molar-refractivity contribution in [2.45, 2.75) is 13.2 Å². The maximum absolute atomic E-state index is 12.5. The Balaban J connectivity index is 1.63. The van der Waals surface area contributed by atoms with E-state index in [0.29, 0.717) is 40.5 Å². The number of carbonyl (C=O) groups excluding carboxylic acids is 1. The van der Waals surface area contributed by atoms with Gasteiger partial charge in [0.15, 0.2) is 11.5 Å². The molecule has 7 heteroatoms. The number of hydrogen-bond donors (Lipinski definition) is 4. The molecule has 5 N–H and O–H groups in total. The zero-order chi connectivity index (χ0) is 21.5. The van der Waals surface area contributed by atoms with E-state index in [1.165, 1.54) is 0 Å². The predicted molar refractivity (Wildman–Crippen MR) is 118 cm³/mol. The van der Waals surface area contributed by atoms with Gasteiger partial charge in [-0.3, -0.25) is 4.79 Å². The van der Waals surface area contributed by atoms with E-state index in [1.54, 1.807) is 44.6 Å². The van der Waals surface area contributed by atoms with Crippen LogP contribution in [-0.2, 0) is 13.2 Å². The summed E-state index contributed by atoms with van der Waals surface area (Å²) in [5.41, 5.74) is 9.93. The summed E-state index contributed by atoms with van der Waals surface area (Å²) < 4.78 is 10.6. The quantitative estimate of drug-likeness (QED) is 0.425. The zero-order valence-corrected chi connectivity index (χ0v) is 16.9.